The van der Waals surface area contributed by atoms with E-state index in [2.05, 4.69) is 11.9 Å². The molecule has 0 bridgehead atoms. The Balaban J connectivity index is 2.55. The largest absolute Gasteiger partial charge is 0.368 e. The van der Waals surface area contributed by atoms with Gasteiger partial charge in [-0.25, -0.2) is 0 Å². The third-order valence-electron chi connectivity index (χ3n) is 3.61. The molecule has 0 aromatic heterocycles. The van der Waals surface area contributed by atoms with E-state index in [0.717, 1.165) is 6.42 Å². The number of rotatable bonds is 4. The molecule has 1 rings (SSSR count). The molecule has 0 saturated heterocycles. The van der Waals surface area contributed by atoms with Crippen LogP contribution in [0, 0.1) is 0 Å². The Kier molecular flexibility index (Phi) is 5.09. The first-order chi connectivity index (χ1) is 7.16. The fourth-order valence-corrected chi connectivity index (χ4v) is 2.61. The number of carbonyl (C=O) groups excluding carboxylic acids is 1. The second-order valence-corrected chi connectivity index (χ2v) is 4.64. The fourth-order valence-electron chi connectivity index (χ4n) is 2.61. The van der Waals surface area contributed by atoms with Gasteiger partial charge >= 0.3 is 0 Å². The summed E-state index contributed by atoms with van der Waals surface area (Å²) in [6.07, 6.45) is 8.55. The Morgan fingerprint density at radius 1 is 1.33 bits per heavy atom. The van der Waals surface area contributed by atoms with E-state index in [0.29, 0.717) is 6.04 Å². The lowest BCUT2D eigenvalue weighted by molar-refractivity contribution is -0.123. The minimum atomic E-state index is -0.177. The summed E-state index contributed by atoms with van der Waals surface area (Å²) in [7, 11) is 2.05. The van der Waals surface area contributed by atoms with Crippen molar-refractivity contribution in [2.24, 2.45) is 5.73 Å². The zero-order chi connectivity index (χ0) is 11.3. The minimum Gasteiger partial charge on any atom is -0.368 e. The van der Waals surface area contributed by atoms with Gasteiger partial charge in [-0.15, -0.1) is 0 Å². The monoisotopic (exact) mass is 212 g/mol. The van der Waals surface area contributed by atoms with Gasteiger partial charge < -0.3 is 5.73 Å². The van der Waals surface area contributed by atoms with Crippen molar-refractivity contribution in [2.45, 2.75) is 64.0 Å². The number of primary amides is 1. The van der Waals surface area contributed by atoms with Gasteiger partial charge in [0, 0.05) is 6.04 Å². The number of carbonyl (C=O) groups is 1. The first kappa shape index (κ1) is 12.5. The molecule has 88 valence electrons. The van der Waals surface area contributed by atoms with Crippen LogP contribution in [0.25, 0.3) is 0 Å². The average Bonchev–Trinajstić information content (AvgIpc) is 2.45. The van der Waals surface area contributed by atoms with Crippen LogP contribution in [0.2, 0.25) is 0 Å². The van der Waals surface area contributed by atoms with Gasteiger partial charge in [0.25, 0.3) is 0 Å². The summed E-state index contributed by atoms with van der Waals surface area (Å²) in [5.74, 6) is -0.177. The quantitative estimate of drug-likeness (QED) is 0.723. The Hall–Kier alpha value is -0.570. The van der Waals surface area contributed by atoms with E-state index < -0.39 is 0 Å². The highest BCUT2D eigenvalue weighted by Crippen LogP contribution is 2.22. The van der Waals surface area contributed by atoms with Gasteiger partial charge in [0.05, 0.1) is 6.04 Å². The molecule has 1 amide bonds. The van der Waals surface area contributed by atoms with Gasteiger partial charge in [-0.1, -0.05) is 32.6 Å². The zero-order valence-electron chi connectivity index (χ0n) is 10.0. The highest BCUT2D eigenvalue weighted by atomic mass is 16.1. The smallest absolute Gasteiger partial charge is 0.234 e. The van der Waals surface area contributed by atoms with Crippen molar-refractivity contribution in [3.05, 3.63) is 0 Å². The molecule has 3 heteroatoms. The Morgan fingerprint density at radius 2 is 1.87 bits per heavy atom. The fraction of sp³-hybridized carbons (Fsp3) is 0.917. The molecule has 3 nitrogen and oxygen atoms in total. The molecule has 0 spiro atoms. The predicted molar refractivity (Wildman–Crippen MR) is 62.5 cm³/mol. The third kappa shape index (κ3) is 3.49. The van der Waals surface area contributed by atoms with Crippen molar-refractivity contribution < 1.29 is 4.79 Å². The normalized spacial score (nSPS) is 21.3. The lowest BCUT2D eigenvalue weighted by atomic mass is 10.0. The van der Waals surface area contributed by atoms with E-state index in [4.69, 9.17) is 5.73 Å². The maximum atomic E-state index is 11.3. The van der Waals surface area contributed by atoms with Crippen LogP contribution in [-0.2, 0) is 4.79 Å². The maximum Gasteiger partial charge on any atom is 0.234 e. The van der Waals surface area contributed by atoms with Gasteiger partial charge in [0.2, 0.25) is 5.91 Å². The number of hydrogen-bond acceptors (Lipinski definition) is 2. The predicted octanol–water partition coefficient (Wildman–Crippen LogP) is 1.90. The highest BCUT2D eigenvalue weighted by molar-refractivity contribution is 5.79. The molecule has 1 atom stereocenters. The summed E-state index contributed by atoms with van der Waals surface area (Å²) in [6, 6.07) is 0.484. The van der Waals surface area contributed by atoms with E-state index in [1.54, 1.807) is 0 Å². The lowest BCUT2D eigenvalue weighted by Gasteiger charge is -2.32. The molecule has 0 heterocycles. The number of amides is 1. The average molecular weight is 212 g/mol. The molecule has 0 aromatic rings. The molecule has 1 aliphatic rings. The number of nitrogens with zero attached hydrogens (tertiary/aromatic N) is 1. The third-order valence-corrected chi connectivity index (χ3v) is 3.61. The molecule has 15 heavy (non-hydrogen) atoms. The van der Waals surface area contributed by atoms with Crippen LogP contribution >= 0.6 is 0 Å². The standard InChI is InChI=1S/C12H24N2O/c1-3-11(12(13)15)14(2)10-8-6-4-5-7-9-10/h10-11H,3-9H2,1-2H3,(H2,13,15). The number of hydrogen-bond donors (Lipinski definition) is 1. The summed E-state index contributed by atoms with van der Waals surface area (Å²) < 4.78 is 0. The molecule has 0 aliphatic heterocycles. The van der Waals surface area contributed by atoms with Gasteiger partial charge in [0.15, 0.2) is 0 Å². The van der Waals surface area contributed by atoms with E-state index >= 15 is 0 Å². The Morgan fingerprint density at radius 3 is 2.27 bits per heavy atom. The van der Waals surface area contributed by atoms with Crippen LogP contribution in [0.15, 0.2) is 0 Å². The van der Waals surface area contributed by atoms with Gasteiger partial charge in [-0.2, -0.15) is 0 Å². The summed E-state index contributed by atoms with van der Waals surface area (Å²) in [5, 5.41) is 0. The molecule has 1 saturated carbocycles. The second kappa shape index (κ2) is 6.11. The molecular weight excluding hydrogens is 188 g/mol. The molecule has 0 radical (unpaired) electrons. The highest BCUT2D eigenvalue weighted by Gasteiger charge is 2.25. The molecule has 2 N–H and O–H groups in total. The number of likely N-dealkylation sites (N-methyl/N-ethyl adjacent to an activating group) is 1. The molecule has 1 aliphatic carbocycles. The van der Waals surface area contributed by atoms with Crippen molar-refractivity contribution in [1.29, 1.82) is 0 Å². The maximum absolute atomic E-state index is 11.3. The Bertz CT molecular complexity index is 198. The molecule has 1 unspecified atom stereocenters. The zero-order valence-corrected chi connectivity index (χ0v) is 10.0. The van der Waals surface area contributed by atoms with Gasteiger partial charge in [-0.05, 0) is 26.3 Å². The first-order valence-electron chi connectivity index (χ1n) is 6.18. The Labute approximate surface area is 93.0 Å². The van der Waals surface area contributed by atoms with Crippen LogP contribution < -0.4 is 5.73 Å². The van der Waals surface area contributed by atoms with Crippen LogP contribution in [0.4, 0.5) is 0 Å². The van der Waals surface area contributed by atoms with Gasteiger partial charge in [0.1, 0.15) is 0 Å². The van der Waals surface area contributed by atoms with Gasteiger partial charge in [-0.3, -0.25) is 9.69 Å². The van der Waals surface area contributed by atoms with E-state index in [1.165, 1.54) is 38.5 Å². The van der Waals surface area contributed by atoms with Crippen molar-refractivity contribution in [1.82, 2.24) is 4.90 Å². The van der Waals surface area contributed by atoms with Crippen molar-refractivity contribution in [2.75, 3.05) is 7.05 Å². The summed E-state index contributed by atoms with van der Waals surface area (Å²) in [5.41, 5.74) is 5.41. The number of nitrogens with two attached hydrogens (primary N) is 1. The summed E-state index contributed by atoms with van der Waals surface area (Å²) in [4.78, 5) is 13.5. The summed E-state index contributed by atoms with van der Waals surface area (Å²) in [6.45, 7) is 2.03. The van der Waals surface area contributed by atoms with Crippen LogP contribution in [-0.4, -0.2) is 29.9 Å². The minimum absolute atomic E-state index is 0.0758. The van der Waals surface area contributed by atoms with Crippen LogP contribution in [0.3, 0.4) is 0 Å². The van der Waals surface area contributed by atoms with E-state index in [1.807, 2.05) is 6.92 Å². The SMILES string of the molecule is CCC(C(N)=O)N(C)C1CCCCCC1. The second-order valence-electron chi connectivity index (χ2n) is 4.64. The van der Waals surface area contributed by atoms with E-state index in [-0.39, 0.29) is 11.9 Å². The molecule has 1 fully saturated rings. The first-order valence-corrected chi connectivity index (χ1v) is 6.18. The lowest BCUT2D eigenvalue weighted by Crippen LogP contribution is -2.47. The van der Waals surface area contributed by atoms with E-state index in [9.17, 15) is 4.79 Å². The molecular formula is C12H24N2O. The summed E-state index contributed by atoms with van der Waals surface area (Å²) >= 11 is 0. The topological polar surface area (TPSA) is 46.3 Å². The van der Waals surface area contributed by atoms with Crippen LogP contribution in [0.5, 0.6) is 0 Å². The van der Waals surface area contributed by atoms with Crippen molar-refractivity contribution in [3.63, 3.8) is 0 Å². The van der Waals surface area contributed by atoms with Crippen LogP contribution in [0.1, 0.15) is 51.9 Å². The van der Waals surface area contributed by atoms with Crippen molar-refractivity contribution in [3.8, 4) is 0 Å². The molecule has 0 aromatic carbocycles. The van der Waals surface area contributed by atoms with Crippen molar-refractivity contribution >= 4 is 5.91 Å².